The SMILES string of the molecule is Nc1cc(C(=O)O)c(Oc2ccccc2Cl)cn1. The fourth-order valence-electron chi connectivity index (χ4n) is 1.35. The summed E-state index contributed by atoms with van der Waals surface area (Å²) in [7, 11) is 0. The number of para-hydroxylation sites is 1. The van der Waals surface area contributed by atoms with Gasteiger partial charge >= 0.3 is 5.97 Å². The van der Waals surface area contributed by atoms with Gasteiger partial charge in [0.25, 0.3) is 0 Å². The Balaban J connectivity index is 2.41. The quantitative estimate of drug-likeness (QED) is 0.890. The highest BCUT2D eigenvalue weighted by Gasteiger charge is 2.14. The largest absolute Gasteiger partial charge is 0.478 e. The standard InChI is InChI=1S/C12H9ClN2O3/c13-8-3-1-2-4-9(8)18-10-6-15-11(14)5-7(10)12(16)17/h1-6H,(H2,14,15)(H,16,17). The summed E-state index contributed by atoms with van der Waals surface area (Å²) in [5.41, 5.74) is 5.37. The second kappa shape index (κ2) is 4.93. The number of benzene rings is 1. The van der Waals surface area contributed by atoms with Crippen molar-refractivity contribution in [1.82, 2.24) is 4.98 Å². The molecule has 0 amide bonds. The van der Waals surface area contributed by atoms with E-state index >= 15 is 0 Å². The number of carbonyl (C=O) groups is 1. The van der Waals surface area contributed by atoms with Gasteiger partial charge in [0.15, 0.2) is 5.75 Å². The van der Waals surface area contributed by atoms with Gasteiger partial charge < -0.3 is 15.6 Å². The van der Waals surface area contributed by atoms with Crippen LogP contribution in [0.1, 0.15) is 10.4 Å². The molecule has 2 aromatic rings. The summed E-state index contributed by atoms with van der Waals surface area (Å²) < 4.78 is 5.43. The lowest BCUT2D eigenvalue weighted by atomic mass is 10.2. The number of nitrogen functional groups attached to an aromatic ring is 1. The van der Waals surface area contributed by atoms with Gasteiger partial charge in [-0.3, -0.25) is 0 Å². The van der Waals surface area contributed by atoms with Crippen molar-refractivity contribution in [1.29, 1.82) is 0 Å². The molecule has 92 valence electrons. The molecule has 0 saturated heterocycles. The Bertz CT molecular complexity index is 602. The molecule has 3 N–H and O–H groups in total. The monoisotopic (exact) mass is 264 g/mol. The number of anilines is 1. The molecule has 0 unspecified atom stereocenters. The van der Waals surface area contributed by atoms with Crippen LogP contribution in [0.5, 0.6) is 11.5 Å². The van der Waals surface area contributed by atoms with E-state index in [0.717, 1.165) is 0 Å². The van der Waals surface area contributed by atoms with E-state index in [-0.39, 0.29) is 17.1 Å². The zero-order chi connectivity index (χ0) is 13.1. The maximum Gasteiger partial charge on any atom is 0.339 e. The maximum atomic E-state index is 11.1. The van der Waals surface area contributed by atoms with Gasteiger partial charge in [-0.1, -0.05) is 23.7 Å². The van der Waals surface area contributed by atoms with Crippen LogP contribution >= 0.6 is 11.6 Å². The molecule has 0 aliphatic carbocycles. The normalized spacial score (nSPS) is 10.1. The predicted molar refractivity (Wildman–Crippen MR) is 67.1 cm³/mol. The average Bonchev–Trinajstić information content (AvgIpc) is 2.34. The fraction of sp³-hybridized carbons (Fsp3) is 0. The molecule has 1 aromatic carbocycles. The van der Waals surface area contributed by atoms with E-state index in [2.05, 4.69) is 4.98 Å². The van der Waals surface area contributed by atoms with Crippen LogP contribution in [0.15, 0.2) is 36.5 Å². The Labute approximate surface area is 108 Å². The highest BCUT2D eigenvalue weighted by Crippen LogP contribution is 2.30. The molecular formula is C12H9ClN2O3. The number of carboxylic acid groups (broad SMARTS) is 1. The van der Waals surface area contributed by atoms with Crippen molar-refractivity contribution < 1.29 is 14.6 Å². The number of carboxylic acids is 1. The van der Waals surface area contributed by atoms with Crippen molar-refractivity contribution in [3.8, 4) is 11.5 Å². The molecule has 6 heteroatoms. The first-order valence-corrected chi connectivity index (χ1v) is 5.37. The molecular weight excluding hydrogens is 256 g/mol. The first-order chi connectivity index (χ1) is 8.58. The van der Waals surface area contributed by atoms with Gasteiger partial charge in [-0.25, -0.2) is 9.78 Å². The number of hydrogen-bond donors (Lipinski definition) is 2. The van der Waals surface area contributed by atoms with Gasteiger partial charge in [-0.05, 0) is 18.2 Å². The molecule has 0 saturated carbocycles. The van der Waals surface area contributed by atoms with Crippen LogP contribution in [-0.2, 0) is 0 Å². The third-order valence-electron chi connectivity index (χ3n) is 2.18. The van der Waals surface area contributed by atoms with Gasteiger partial charge in [0, 0.05) is 0 Å². The Hall–Kier alpha value is -2.27. The third kappa shape index (κ3) is 2.52. The third-order valence-corrected chi connectivity index (χ3v) is 2.49. The second-order valence-corrected chi connectivity index (χ2v) is 3.85. The molecule has 5 nitrogen and oxygen atoms in total. The van der Waals surface area contributed by atoms with Crippen LogP contribution in [0, 0.1) is 0 Å². The van der Waals surface area contributed by atoms with Gasteiger partial charge in [0.05, 0.1) is 11.2 Å². The number of aromatic nitrogens is 1. The molecule has 2 rings (SSSR count). The molecule has 18 heavy (non-hydrogen) atoms. The van der Waals surface area contributed by atoms with Crippen molar-refractivity contribution in [2.75, 3.05) is 5.73 Å². The number of nitrogens with zero attached hydrogens (tertiary/aromatic N) is 1. The Morgan fingerprint density at radius 2 is 2.06 bits per heavy atom. The molecule has 1 aromatic heterocycles. The number of nitrogens with two attached hydrogens (primary N) is 1. The smallest absolute Gasteiger partial charge is 0.339 e. The van der Waals surface area contributed by atoms with Crippen LogP contribution in [0.4, 0.5) is 5.82 Å². The number of rotatable bonds is 3. The van der Waals surface area contributed by atoms with Crippen LogP contribution < -0.4 is 10.5 Å². The van der Waals surface area contributed by atoms with E-state index in [4.69, 9.17) is 27.2 Å². The zero-order valence-electron chi connectivity index (χ0n) is 9.13. The number of ether oxygens (including phenoxy) is 1. The molecule has 0 aliphatic rings. The van der Waals surface area contributed by atoms with Crippen LogP contribution in [-0.4, -0.2) is 16.1 Å². The number of hydrogen-bond acceptors (Lipinski definition) is 4. The zero-order valence-corrected chi connectivity index (χ0v) is 9.89. The highest BCUT2D eigenvalue weighted by atomic mass is 35.5. The number of pyridine rings is 1. The lowest BCUT2D eigenvalue weighted by Gasteiger charge is -2.09. The fourth-order valence-corrected chi connectivity index (χ4v) is 1.53. The van der Waals surface area contributed by atoms with Crippen LogP contribution in [0.25, 0.3) is 0 Å². The molecule has 0 spiro atoms. The van der Waals surface area contributed by atoms with E-state index < -0.39 is 5.97 Å². The summed E-state index contributed by atoms with van der Waals surface area (Å²) in [5.74, 6) is -0.594. The molecule has 0 radical (unpaired) electrons. The van der Waals surface area contributed by atoms with Gasteiger partial charge in [0.2, 0.25) is 0 Å². The van der Waals surface area contributed by atoms with Gasteiger partial charge in [-0.2, -0.15) is 0 Å². The lowest BCUT2D eigenvalue weighted by molar-refractivity contribution is 0.0694. The molecule has 1 heterocycles. The predicted octanol–water partition coefficient (Wildman–Crippen LogP) is 2.81. The summed E-state index contributed by atoms with van der Waals surface area (Å²) >= 11 is 5.92. The summed E-state index contributed by atoms with van der Waals surface area (Å²) in [6, 6.07) is 7.97. The van der Waals surface area contributed by atoms with Crippen molar-refractivity contribution in [3.63, 3.8) is 0 Å². The Morgan fingerprint density at radius 3 is 2.72 bits per heavy atom. The Morgan fingerprint density at radius 1 is 1.33 bits per heavy atom. The number of halogens is 1. The minimum Gasteiger partial charge on any atom is -0.478 e. The molecule has 0 atom stereocenters. The van der Waals surface area contributed by atoms with E-state index in [1.165, 1.54) is 12.3 Å². The summed E-state index contributed by atoms with van der Waals surface area (Å²) in [4.78, 5) is 14.8. The molecule has 0 bridgehead atoms. The topological polar surface area (TPSA) is 85.4 Å². The van der Waals surface area contributed by atoms with Crippen molar-refractivity contribution in [2.24, 2.45) is 0 Å². The molecule has 0 fully saturated rings. The Kier molecular flexibility index (Phi) is 3.34. The van der Waals surface area contributed by atoms with E-state index in [1.807, 2.05) is 0 Å². The van der Waals surface area contributed by atoms with E-state index in [9.17, 15) is 4.79 Å². The summed E-state index contributed by atoms with van der Waals surface area (Å²) in [5, 5.41) is 9.42. The summed E-state index contributed by atoms with van der Waals surface area (Å²) in [6.45, 7) is 0. The van der Waals surface area contributed by atoms with Crippen molar-refractivity contribution >= 4 is 23.4 Å². The van der Waals surface area contributed by atoms with E-state index in [1.54, 1.807) is 24.3 Å². The molecule has 0 aliphatic heterocycles. The first kappa shape index (κ1) is 12.2. The maximum absolute atomic E-state index is 11.1. The minimum atomic E-state index is -1.15. The van der Waals surface area contributed by atoms with E-state index in [0.29, 0.717) is 10.8 Å². The van der Waals surface area contributed by atoms with Gasteiger partial charge in [-0.15, -0.1) is 0 Å². The second-order valence-electron chi connectivity index (χ2n) is 3.44. The van der Waals surface area contributed by atoms with Crippen molar-refractivity contribution in [2.45, 2.75) is 0 Å². The van der Waals surface area contributed by atoms with Gasteiger partial charge in [0.1, 0.15) is 17.1 Å². The average molecular weight is 265 g/mol. The van der Waals surface area contributed by atoms with Crippen molar-refractivity contribution in [3.05, 3.63) is 47.1 Å². The highest BCUT2D eigenvalue weighted by molar-refractivity contribution is 6.32. The lowest BCUT2D eigenvalue weighted by Crippen LogP contribution is -2.03. The first-order valence-electron chi connectivity index (χ1n) is 4.99. The van der Waals surface area contributed by atoms with Crippen LogP contribution in [0.3, 0.4) is 0 Å². The summed E-state index contributed by atoms with van der Waals surface area (Å²) in [6.07, 6.45) is 1.25. The number of aromatic carboxylic acids is 1. The minimum absolute atomic E-state index is 0.0672. The van der Waals surface area contributed by atoms with Crippen LogP contribution in [0.2, 0.25) is 5.02 Å².